The van der Waals surface area contributed by atoms with Crippen molar-refractivity contribution in [3.63, 3.8) is 0 Å². The lowest BCUT2D eigenvalue weighted by molar-refractivity contribution is -0.165. The van der Waals surface area contributed by atoms with Crippen LogP contribution in [0.3, 0.4) is 0 Å². The molecule has 6 heteroatoms. The van der Waals surface area contributed by atoms with E-state index in [0.717, 1.165) is 23.1 Å². The van der Waals surface area contributed by atoms with Crippen LogP contribution in [0.1, 0.15) is 25.3 Å². The number of aromatic nitrogens is 1. The van der Waals surface area contributed by atoms with Gasteiger partial charge < -0.3 is 15.0 Å². The van der Waals surface area contributed by atoms with Crippen molar-refractivity contribution in [3.05, 3.63) is 54.4 Å². The highest BCUT2D eigenvalue weighted by atomic mass is 16.5. The van der Waals surface area contributed by atoms with Gasteiger partial charge in [-0.25, -0.2) is 0 Å². The Hall–Kier alpha value is -2.73. The van der Waals surface area contributed by atoms with Gasteiger partial charge in [0, 0.05) is 38.8 Å². The summed E-state index contributed by atoms with van der Waals surface area (Å²) < 4.78 is 6.01. The van der Waals surface area contributed by atoms with Crippen molar-refractivity contribution in [2.75, 3.05) is 26.7 Å². The summed E-state index contributed by atoms with van der Waals surface area (Å²) >= 11 is 0. The lowest BCUT2D eigenvalue weighted by Gasteiger charge is -2.41. The van der Waals surface area contributed by atoms with Crippen molar-refractivity contribution < 1.29 is 14.3 Å². The minimum absolute atomic E-state index is 0.0737. The van der Waals surface area contributed by atoms with Gasteiger partial charge in [0.2, 0.25) is 5.91 Å². The van der Waals surface area contributed by atoms with Crippen molar-refractivity contribution in [2.45, 2.75) is 31.8 Å². The highest BCUT2D eigenvalue weighted by Gasteiger charge is 2.44. The number of hydrogen-bond donors (Lipinski definition) is 1. The summed E-state index contributed by atoms with van der Waals surface area (Å²) in [4.78, 5) is 31.0. The molecule has 2 heterocycles. The van der Waals surface area contributed by atoms with Gasteiger partial charge in [0.05, 0.1) is 13.2 Å². The van der Waals surface area contributed by atoms with Crippen molar-refractivity contribution in [3.8, 4) is 11.1 Å². The Morgan fingerprint density at radius 3 is 2.71 bits per heavy atom. The first-order valence-electron chi connectivity index (χ1n) is 9.71. The number of morpholine rings is 1. The second-order valence-electron chi connectivity index (χ2n) is 7.10. The average Bonchev–Trinajstić information content (AvgIpc) is 2.74. The fourth-order valence-corrected chi connectivity index (χ4v) is 3.66. The SMILES string of the molecule is CCCC(=O)N1CCOC(Cc2cccc(-c3ccncc3)c2)(C(=O)NC)C1. The molecule has 0 spiro atoms. The number of pyridine rings is 1. The zero-order chi connectivity index (χ0) is 20.0. The van der Waals surface area contributed by atoms with Gasteiger partial charge in [-0.2, -0.15) is 0 Å². The highest BCUT2D eigenvalue weighted by Crippen LogP contribution is 2.27. The molecule has 1 aliphatic rings. The van der Waals surface area contributed by atoms with Gasteiger partial charge in [-0.05, 0) is 35.2 Å². The van der Waals surface area contributed by atoms with Crippen LogP contribution in [0, 0.1) is 0 Å². The maximum absolute atomic E-state index is 12.8. The molecule has 148 valence electrons. The summed E-state index contributed by atoms with van der Waals surface area (Å²) in [5.41, 5.74) is 2.03. The molecular weight excluding hydrogens is 354 g/mol. The summed E-state index contributed by atoms with van der Waals surface area (Å²) in [6, 6.07) is 12.0. The standard InChI is InChI=1S/C22H27N3O3/c1-3-5-20(26)25-12-13-28-22(16-25,21(27)23-2)15-17-6-4-7-19(14-17)18-8-10-24-11-9-18/h4,6-11,14H,3,5,12-13,15-16H2,1-2H3,(H,23,27). The van der Waals surface area contributed by atoms with Crippen LogP contribution < -0.4 is 5.32 Å². The molecule has 1 saturated heterocycles. The molecule has 6 nitrogen and oxygen atoms in total. The van der Waals surface area contributed by atoms with E-state index in [1.54, 1.807) is 24.3 Å². The summed E-state index contributed by atoms with van der Waals surface area (Å²) in [5.74, 6) is -0.125. The van der Waals surface area contributed by atoms with Gasteiger partial charge >= 0.3 is 0 Å². The molecule has 0 radical (unpaired) electrons. The van der Waals surface area contributed by atoms with Gasteiger partial charge in [-0.3, -0.25) is 14.6 Å². The first-order valence-corrected chi connectivity index (χ1v) is 9.71. The number of benzene rings is 1. The van der Waals surface area contributed by atoms with E-state index in [-0.39, 0.29) is 18.4 Å². The van der Waals surface area contributed by atoms with Crippen LogP contribution in [0.2, 0.25) is 0 Å². The normalized spacial score (nSPS) is 19.3. The number of amides is 2. The van der Waals surface area contributed by atoms with Crippen LogP contribution in [-0.2, 0) is 20.7 Å². The summed E-state index contributed by atoms with van der Waals surface area (Å²) in [6.45, 7) is 3.13. The van der Waals surface area contributed by atoms with E-state index in [0.29, 0.717) is 26.0 Å². The molecule has 0 bridgehead atoms. The van der Waals surface area contributed by atoms with E-state index in [9.17, 15) is 9.59 Å². The van der Waals surface area contributed by atoms with Gasteiger partial charge in [0.1, 0.15) is 0 Å². The fraction of sp³-hybridized carbons (Fsp3) is 0.409. The first-order chi connectivity index (χ1) is 13.6. The number of ether oxygens (including phenoxy) is 1. The third-order valence-electron chi connectivity index (χ3n) is 5.07. The lowest BCUT2D eigenvalue weighted by atomic mass is 9.89. The van der Waals surface area contributed by atoms with E-state index < -0.39 is 5.60 Å². The van der Waals surface area contributed by atoms with Crippen LogP contribution in [-0.4, -0.2) is 54.0 Å². The average molecular weight is 381 g/mol. The van der Waals surface area contributed by atoms with Gasteiger partial charge in [-0.15, -0.1) is 0 Å². The summed E-state index contributed by atoms with van der Waals surface area (Å²) in [7, 11) is 1.60. The van der Waals surface area contributed by atoms with Crippen molar-refractivity contribution in [1.82, 2.24) is 15.2 Å². The second kappa shape index (κ2) is 8.97. The zero-order valence-electron chi connectivity index (χ0n) is 16.5. The van der Waals surface area contributed by atoms with E-state index in [4.69, 9.17) is 4.74 Å². The maximum Gasteiger partial charge on any atom is 0.254 e. The Balaban J connectivity index is 1.87. The Morgan fingerprint density at radius 2 is 2.00 bits per heavy atom. The third kappa shape index (κ3) is 4.39. The predicted molar refractivity (Wildman–Crippen MR) is 108 cm³/mol. The van der Waals surface area contributed by atoms with Crippen LogP contribution in [0.15, 0.2) is 48.8 Å². The smallest absolute Gasteiger partial charge is 0.254 e. The number of nitrogens with one attached hydrogen (secondary N) is 1. The molecular formula is C22H27N3O3. The molecule has 0 saturated carbocycles. The number of rotatable bonds is 6. The van der Waals surface area contributed by atoms with Crippen LogP contribution >= 0.6 is 0 Å². The number of hydrogen-bond acceptors (Lipinski definition) is 4. The lowest BCUT2D eigenvalue weighted by Crippen LogP contribution is -2.61. The molecule has 0 aliphatic carbocycles. The molecule has 1 aliphatic heterocycles. The molecule has 1 aromatic heterocycles. The Morgan fingerprint density at radius 1 is 1.21 bits per heavy atom. The molecule has 2 aromatic rings. The minimum Gasteiger partial charge on any atom is -0.361 e. The van der Waals surface area contributed by atoms with E-state index in [1.807, 2.05) is 37.3 Å². The molecule has 28 heavy (non-hydrogen) atoms. The monoisotopic (exact) mass is 381 g/mol. The van der Waals surface area contributed by atoms with Crippen molar-refractivity contribution >= 4 is 11.8 Å². The number of carbonyl (C=O) groups is 2. The molecule has 1 N–H and O–H groups in total. The van der Waals surface area contributed by atoms with Crippen LogP contribution in [0.25, 0.3) is 11.1 Å². The van der Waals surface area contributed by atoms with E-state index >= 15 is 0 Å². The Kier molecular flexibility index (Phi) is 6.41. The van der Waals surface area contributed by atoms with Crippen LogP contribution in [0.4, 0.5) is 0 Å². The highest BCUT2D eigenvalue weighted by molar-refractivity contribution is 5.87. The van der Waals surface area contributed by atoms with Crippen LogP contribution in [0.5, 0.6) is 0 Å². The molecule has 3 rings (SSSR count). The zero-order valence-corrected chi connectivity index (χ0v) is 16.5. The van der Waals surface area contributed by atoms with E-state index in [1.165, 1.54) is 0 Å². The first kappa shape index (κ1) is 20.0. The largest absolute Gasteiger partial charge is 0.361 e. The Labute approximate surface area is 165 Å². The molecule has 1 aromatic carbocycles. The van der Waals surface area contributed by atoms with Gasteiger partial charge in [-0.1, -0.05) is 31.2 Å². The summed E-state index contributed by atoms with van der Waals surface area (Å²) in [5, 5.41) is 2.72. The summed E-state index contributed by atoms with van der Waals surface area (Å²) in [6.07, 6.45) is 5.20. The number of nitrogens with zero attached hydrogens (tertiary/aromatic N) is 2. The predicted octanol–water partition coefficient (Wildman–Crippen LogP) is 2.43. The minimum atomic E-state index is -1.08. The maximum atomic E-state index is 12.8. The number of likely N-dealkylation sites (N-methyl/N-ethyl adjacent to an activating group) is 1. The van der Waals surface area contributed by atoms with E-state index in [2.05, 4.69) is 16.4 Å². The van der Waals surface area contributed by atoms with Gasteiger partial charge in [0.15, 0.2) is 5.60 Å². The molecule has 1 fully saturated rings. The molecule has 2 amide bonds. The third-order valence-corrected chi connectivity index (χ3v) is 5.07. The Bertz CT molecular complexity index is 825. The van der Waals surface area contributed by atoms with Gasteiger partial charge in [0.25, 0.3) is 5.91 Å². The quantitative estimate of drug-likeness (QED) is 0.834. The molecule has 1 unspecified atom stereocenters. The fourth-order valence-electron chi connectivity index (χ4n) is 3.66. The number of carbonyl (C=O) groups excluding carboxylic acids is 2. The van der Waals surface area contributed by atoms with Crippen molar-refractivity contribution in [2.24, 2.45) is 0 Å². The second-order valence-corrected chi connectivity index (χ2v) is 7.10. The topological polar surface area (TPSA) is 71.5 Å². The van der Waals surface area contributed by atoms with Crippen molar-refractivity contribution in [1.29, 1.82) is 0 Å². The molecule has 1 atom stereocenters.